The summed E-state index contributed by atoms with van der Waals surface area (Å²) in [6.45, 7) is 0.386. The Labute approximate surface area is 153 Å². The predicted molar refractivity (Wildman–Crippen MR) is 96.3 cm³/mol. The molecule has 130 valence electrons. The van der Waals surface area contributed by atoms with Gasteiger partial charge in [-0.2, -0.15) is 0 Å². The summed E-state index contributed by atoms with van der Waals surface area (Å²) in [5.41, 5.74) is 1.79. The van der Waals surface area contributed by atoms with Crippen molar-refractivity contribution in [3.05, 3.63) is 34.2 Å². The molecule has 2 aromatic rings. The van der Waals surface area contributed by atoms with E-state index in [0.29, 0.717) is 11.7 Å². The summed E-state index contributed by atoms with van der Waals surface area (Å²) >= 11 is 4.76. The summed E-state index contributed by atoms with van der Waals surface area (Å²) in [6.07, 6.45) is 2.03. The molecule has 1 heterocycles. The minimum Gasteiger partial charge on any atom is -0.748 e. The minimum absolute atomic E-state index is 0.236. The van der Waals surface area contributed by atoms with Crippen LogP contribution in [0.1, 0.15) is 6.42 Å². The maximum Gasteiger partial charge on any atom is 0.409 e. The Morgan fingerprint density at radius 3 is 2.50 bits per heavy atom. The Balaban J connectivity index is 2.08. The quantitative estimate of drug-likeness (QED) is 0.381. The Morgan fingerprint density at radius 1 is 1.25 bits per heavy atom. The van der Waals surface area contributed by atoms with E-state index in [1.54, 1.807) is 10.8 Å². The lowest BCUT2D eigenvalue weighted by molar-refractivity contribution is -0.680. The van der Waals surface area contributed by atoms with Gasteiger partial charge < -0.3 is 9.45 Å². The highest BCUT2D eigenvalue weighted by Gasteiger charge is 2.15. The van der Waals surface area contributed by atoms with E-state index in [2.05, 4.69) is 26.2 Å². The molecule has 0 radical (unpaired) electrons. The number of azo groups is 1. The molecular weight excluding hydrogens is 416 g/mol. The topological polar surface area (TPSA) is 89.0 Å². The normalized spacial score (nSPS) is 12.0. The van der Waals surface area contributed by atoms with Crippen molar-refractivity contribution >= 4 is 53.9 Å². The third kappa shape index (κ3) is 5.93. The number of aryl methyl sites for hydroxylation is 1. The minimum atomic E-state index is -4.20. The Bertz CT molecular complexity index is 817. The van der Waals surface area contributed by atoms with Crippen LogP contribution in [0.4, 0.5) is 16.5 Å². The van der Waals surface area contributed by atoms with E-state index in [1.807, 2.05) is 43.3 Å². The zero-order valence-corrected chi connectivity index (χ0v) is 16.4. The lowest BCUT2D eigenvalue weighted by Crippen LogP contribution is -2.32. The number of halogens is 1. The average Bonchev–Trinajstić information content (AvgIpc) is 2.84. The highest BCUT2D eigenvalue weighted by atomic mass is 79.9. The predicted octanol–water partition coefficient (Wildman–Crippen LogP) is 3.21. The molecule has 1 aromatic heterocycles. The molecule has 0 unspecified atom stereocenters. The maximum absolute atomic E-state index is 10.7. The van der Waals surface area contributed by atoms with Gasteiger partial charge in [0, 0.05) is 25.5 Å². The zero-order valence-electron chi connectivity index (χ0n) is 13.2. The van der Waals surface area contributed by atoms with Crippen LogP contribution >= 0.6 is 27.3 Å². The standard InChI is InChI=1S/C14H17BrN4O3S2/c1-18(2)12-6-4-11(5-7-12)16-17-14-19(10-13(15)23-14)8-3-9-24(20,21)22/h4-7,10H,3,8-9H2,1-2H3. The Morgan fingerprint density at radius 2 is 1.92 bits per heavy atom. The summed E-state index contributed by atoms with van der Waals surface area (Å²) in [5.74, 6) is -0.393. The summed E-state index contributed by atoms with van der Waals surface area (Å²) in [5, 5.41) is 9.05. The van der Waals surface area contributed by atoms with Crippen molar-refractivity contribution in [2.45, 2.75) is 13.0 Å². The fourth-order valence-corrected chi connectivity index (χ4v) is 3.78. The molecule has 24 heavy (non-hydrogen) atoms. The van der Waals surface area contributed by atoms with Gasteiger partial charge in [-0.05, 0) is 63.1 Å². The number of hydrogen-bond acceptors (Lipinski definition) is 7. The van der Waals surface area contributed by atoms with Crippen LogP contribution in [0.15, 0.2) is 44.5 Å². The van der Waals surface area contributed by atoms with Gasteiger partial charge in [-0.15, -0.1) is 0 Å². The molecule has 0 aliphatic carbocycles. The average molecular weight is 433 g/mol. The first-order valence-electron chi connectivity index (χ1n) is 7.06. The van der Waals surface area contributed by atoms with Crippen molar-refractivity contribution in [2.75, 3.05) is 24.7 Å². The second-order valence-corrected chi connectivity index (χ2v) is 9.15. The van der Waals surface area contributed by atoms with Crippen molar-refractivity contribution in [1.29, 1.82) is 0 Å². The number of thiazole rings is 1. The largest absolute Gasteiger partial charge is 0.748 e. The monoisotopic (exact) mass is 432 g/mol. The van der Waals surface area contributed by atoms with Gasteiger partial charge in [0.25, 0.3) is 0 Å². The molecule has 0 fully saturated rings. The fraction of sp³-hybridized carbons (Fsp3) is 0.357. The molecule has 10 heteroatoms. The van der Waals surface area contributed by atoms with Crippen LogP contribution in [0.25, 0.3) is 0 Å². The highest BCUT2D eigenvalue weighted by Crippen LogP contribution is 2.27. The second kappa shape index (κ2) is 8.15. The molecule has 0 saturated heterocycles. The van der Waals surface area contributed by atoms with Gasteiger partial charge in [-0.25, -0.2) is 13.0 Å². The van der Waals surface area contributed by atoms with Crippen molar-refractivity contribution in [1.82, 2.24) is 0 Å². The molecule has 0 spiro atoms. The summed E-state index contributed by atoms with van der Waals surface area (Å²) < 4.78 is 34.7. The summed E-state index contributed by atoms with van der Waals surface area (Å²) in [4.78, 5) is 2.00. The molecule has 7 nitrogen and oxygen atoms in total. The van der Waals surface area contributed by atoms with Gasteiger partial charge in [0.15, 0.2) is 0 Å². The first-order valence-corrected chi connectivity index (χ1v) is 10.2. The number of aromatic nitrogens is 1. The molecule has 1 aromatic carbocycles. The van der Waals surface area contributed by atoms with Crippen molar-refractivity contribution < 1.29 is 17.5 Å². The van der Waals surface area contributed by atoms with E-state index >= 15 is 0 Å². The van der Waals surface area contributed by atoms with Gasteiger partial charge in [0.05, 0.1) is 21.8 Å². The zero-order chi connectivity index (χ0) is 17.7. The van der Waals surface area contributed by atoms with Gasteiger partial charge in [-0.1, -0.05) is 0 Å². The third-order valence-electron chi connectivity index (χ3n) is 3.10. The van der Waals surface area contributed by atoms with Crippen LogP contribution in [0.3, 0.4) is 0 Å². The van der Waals surface area contributed by atoms with E-state index < -0.39 is 15.9 Å². The van der Waals surface area contributed by atoms with Gasteiger partial charge in [0.1, 0.15) is 15.7 Å². The lowest BCUT2D eigenvalue weighted by Gasteiger charge is -2.11. The molecule has 0 amide bonds. The van der Waals surface area contributed by atoms with Gasteiger partial charge in [0.2, 0.25) is 0 Å². The van der Waals surface area contributed by atoms with Crippen LogP contribution in [-0.2, 0) is 16.7 Å². The number of benzene rings is 1. The fourth-order valence-electron chi connectivity index (χ4n) is 1.92. The molecule has 0 aliphatic heterocycles. The summed E-state index contributed by atoms with van der Waals surface area (Å²) in [7, 11) is -0.270. The maximum atomic E-state index is 10.7. The third-order valence-corrected chi connectivity index (χ3v) is 5.38. The van der Waals surface area contributed by atoms with E-state index in [0.717, 1.165) is 15.2 Å². The van der Waals surface area contributed by atoms with Crippen LogP contribution < -0.4 is 9.47 Å². The van der Waals surface area contributed by atoms with Crippen LogP contribution in [-0.4, -0.2) is 32.8 Å². The van der Waals surface area contributed by atoms with Crippen molar-refractivity contribution in [2.24, 2.45) is 10.2 Å². The van der Waals surface area contributed by atoms with Crippen molar-refractivity contribution in [3.8, 4) is 0 Å². The van der Waals surface area contributed by atoms with Crippen LogP contribution in [0.2, 0.25) is 0 Å². The van der Waals surface area contributed by atoms with Gasteiger partial charge in [-0.3, -0.25) is 0 Å². The molecule has 0 saturated carbocycles. The first kappa shape index (κ1) is 19.0. The highest BCUT2D eigenvalue weighted by molar-refractivity contribution is 9.11. The summed E-state index contributed by atoms with van der Waals surface area (Å²) in [6, 6.07) is 7.64. The molecule has 0 N–H and O–H groups in total. The smallest absolute Gasteiger partial charge is 0.409 e. The number of rotatable bonds is 7. The number of anilines is 1. The van der Waals surface area contributed by atoms with E-state index in [1.165, 1.54) is 11.3 Å². The van der Waals surface area contributed by atoms with Crippen molar-refractivity contribution in [3.63, 3.8) is 0 Å². The molecule has 2 rings (SSSR count). The Hall–Kier alpha value is -1.36. The van der Waals surface area contributed by atoms with Crippen LogP contribution in [0, 0.1) is 0 Å². The molecule has 0 atom stereocenters. The Kier molecular flexibility index (Phi) is 6.44. The molecule has 0 bridgehead atoms. The van der Waals surface area contributed by atoms with E-state index in [9.17, 15) is 13.0 Å². The van der Waals surface area contributed by atoms with Crippen LogP contribution in [0.5, 0.6) is 0 Å². The lowest BCUT2D eigenvalue weighted by atomic mass is 10.3. The van der Waals surface area contributed by atoms with E-state index in [4.69, 9.17) is 0 Å². The molecule has 0 aliphatic rings. The van der Waals surface area contributed by atoms with Gasteiger partial charge >= 0.3 is 5.13 Å². The first-order chi connectivity index (χ1) is 11.2. The van der Waals surface area contributed by atoms with E-state index in [-0.39, 0.29) is 6.42 Å². The second-order valence-electron chi connectivity index (χ2n) is 5.24. The number of hydrogen-bond donors (Lipinski definition) is 0. The molecular formula is C14H17BrN4O3S2. The SMILES string of the molecule is CN(C)c1ccc(N=Nc2sc(Br)c[n+]2CCCS(=O)(=O)[O-])cc1. The number of nitrogens with zero attached hydrogens (tertiary/aromatic N) is 4.